The van der Waals surface area contributed by atoms with E-state index < -0.39 is 6.10 Å². The summed E-state index contributed by atoms with van der Waals surface area (Å²) >= 11 is 3.38. The zero-order chi connectivity index (χ0) is 12.1. The van der Waals surface area contributed by atoms with E-state index >= 15 is 0 Å². The van der Waals surface area contributed by atoms with Gasteiger partial charge < -0.3 is 15.6 Å². The highest BCUT2D eigenvalue weighted by atomic mass is 79.9. The molecule has 0 bridgehead atoms. The summed E-state index contributed by atoms with van der Waals surface area (Å²) in [6, 6.07) is 5.53. The molecule has 0 radical (unpaired) electrons. The Bertz CT molecular complexity index is 344. The van der Waals surface area contributed by atoms with Gasteiger partial charge in [0.25, 0.3) is 0 Å². The summed E-state index contributed by atoms with van der Waals surface area (Å²) < 4.78 is 5.93. The second kappa shape index (κ2) is 6.23. The van der Waals surface area contributed by atoms with Crippen LogP contribution >= 0.6 is 15.9 Å². The first-order valence-electron chi connectivity index (χ1n) is 5.28. The molecule has 0 aliphatic rings. The molecule has 1 rings (SSSR count). The van der Waals surface area contributed by atoms with E-state index in [1.807, 2.05) is 19.1 Å². The maximum Gasteiger partial charge on any atom is 0.0836 e. The van der Waals surface area contributed by atoms with Gasteiger partial charge in [0.05, 0.1) is 6.10 Å². The molecule has 0 saturated carbocycles. The van der Waals surface area contributed by atoms with Crippen molar-refractivity contribution in [2.45, 2.75) is 19.4 Å². The van der Waals surface area contributed by atoms with Gasteiger partial charge in [0.2, 0.25) is 0 Å². The summed E-state index contributed by atoms with van der Waals surface area (Å²) in [6.45, 7) is 2.64. The van der Waals surface area contributed by atoms with Gasteiger partial charge in [-0.1, -0.05) is 22.9 Å². The Kier molecular flexibility index (Phi) is 5.25. The molecule has 90 valence electrons. The molecule has 3 N–H and O–H groups in total. The minimum atomic E-state index is -0.548. The number of anilines is 1. The Labute approximate surface area is 105 Å². The minimum absolute atomic E-state index is 0.122. The fraction of sp³-hybridized carbons (Fsp3) is 0.500. The third kappa shape index (κ3) is 3.47. The van der Waals surface area contributed by atoms with Crippen molar-refractivity contribution in [2.75, 3.05) is 19.5 Å². The second-order valence-corrected chi connectivity index (χ2v) is 4.89. The summed E-state index contributed by atoms with van der Waals surface area (Å²) in [5.41, 5.74) is 7.25. The Morgan fingerprint density at radius 1 is 1.50 bits per heavy atom. The summed E-state index contributed by atoms with van der Waals surface area (Å²) in [5.74, 6) is 0.122. The molecule has 2 unspecified atom stereocenters. The van der Waals surface area contributed by atoms with Crippen molar-refractivity contribution in [3.63, 3.8) is 0 Å². The number of halogens is 1. The van der Waals surface area contributed by atoms with Crippen LogP contribution in [0.15, 0.2) is 22.7 Å². The smallest absolute Gasteiger partial charge is 0.0836 e. The van der Waals surface area contributed by atoms with Crippen LogP contribution in [-0.2, 0) is 4.74 Å². The van der Waals surface area contributed by atoms with E-state index in [2.05, 4.69) is 15.9 Å². The number of hydrogen-bond acceptors (Lipinski definition) is 3. The van der Waals surface area contributed by atoms with Crippen LogP contribution in [0.25, 0.3) is 0 Å². The lowest BCUT2D eigenvalue weighted by Gasteiger charge is -2.20. The molecule has 1 aromatic carbocycles. The van der Waals surface area contributed by atoms with E-state index in [1.54, 1.807) is 13.2 Å². The van der Waals surface area contributed by atoms with Gasteiger partial charge in [-0.2, -0.15) is 0 Å². The number of ether oxygens (including phenoxy) is 1. The zero-order valence-corrected chi connectivity index (χ0v) is 11.2. The molecular formula is C12H18BrNO2. The zero-order valence-electron chi connectivity index (χ0n) is 9.61. The van der Waals surface area contributed by atoms with E-state index in [9.17, 15) is 5.11 Å². The first kappa shape index (κ1) is 13.5. The first-order chi connectivity index (χ1) is 7.56. The molecule has 0 saturated heterocycles. The van der Waals surface area contributed by atoms with Gasteiger partial charge in [0.15, 0.2) is 0 Å². The molecule has 2 atom stereocenters. The summed E-state index contributed by atoms with van der Waals surface area (Å²) in [4.78, 5) is 0. The lowest BCUT2D eigenvalue weighted by Crippen LogP contribution is -2.13. The van der Waals surface area contributed by atoms with Crippen LogP contribution < -0.4 is 5.73 Å². The predicted molar refractivity (Wildman–Crippen MR) is 69.2 cm³/mol. The highest BCUT2D eigenvalue weighted by Crippen LogP contribution is 2.30. The van der Waals surface area contributed by atoms with Crippen molar-refractivity contribution >= 4 is 21.6 Å². The van der Waals surface area contributed by atoms with E-state index in [1.165, 1.54) is 0 Å². The SMILES string of the molecule is COCCC(C)C(O)c1cc(Br)ccc1N. The van der Waals surface area contributed by atoms with Gasteiger partial charge in [-0.25, -0.2) is 0 Å². The maximum atomic E-state index is 10.2. The number of aliphatic hydroxyl groups excluding tert-OH is 1. The van der Waals surface area contributed by atoms with Gasteiger partial charge in [-0.05, 0) is 30.5 Å². The number of methoxy groups -OCH3 is 1. The van der Waals surface area contributed by atoms with E-state index in [0.29, 0.717) is 12.3 Å². The number of nitrogens with two attached hydrogens (primary N) is 1. The highest BCUT2D eigenvalue weighted by Gasteiger charge is 2.18. The lowest BCUT2D eigenvalue weighted by atomic mass is 9.94. The van der Waals surface area contributed by atoms with Gasteiger partial charge in [-0.15, -0.1) is 0 Å². The highest BCUT2D eigenvalue weighted by molar-refractivity contribution is 9.10. The Morgan fingerprint density at radius 3 is 2.81 bits per heavy atom. The summed E-state index contributed by atoms with van der Waals surface area (Å²) in [7, 11) is 1.66. The van der Waals surface area contributed by atoms with Gasteiger partial charge in [0, 0.05) is 29.4 Å². The largest absolute Gasteiger partial charge is 0.398 e. The van der Waals surface area contributed by atoms with Gasteiger partial charge in [0.1, 0.15) is 0 Å². The van der Waals surface area contributed by atoms with Crippen molar-refractivity contribution in [3.8, 4) is 0 Å². The molecule has 0 amide bonds. The molecule has 0 heterocycles. The van der Waals surface area contributed by atoms with Crippen LogP contribution in [0.3, 0.4) is 0 Å². The first-order valence-corrected chi connectivity index (χ1v) is 6.07. The third-order valence-corrected chi connectivity index (χ3v) is 3.18. The molecular weight excluding hydrogens is 270 g/mol. The molecule has 3 nitrogen and oxygen atoms in total. The number of benzene rings is 1. The molecule has 0 aromatic heterocycles. The standard InChI is InChI=1S/C12H18BrNO2/c1-8(5-6-16-2)12(15)10-7-9(13)3-4-11(10)14/h3-4,7-8,12,15H,5-6,14H2,1-2H3. The van der Waals surface area contributed by atoms with Gasteiger partial charge in [-0.3, -0.25) is 0 Å². The van der Waals surface area contributed by atoms with Crippen LogP contribution in [0, 0.1) is 5.92 Å². The number of hydrogen-bond donors (Lipinski definition) is 2. The van der Waals surface area contributed by atoms with Crippen LogP contribution in [0.4, 0.5) is 5.69 Å². The third-order valence-electron chi connectivity index (χ3n) is 2.68. The molecule has 1 aromatic rings. The summed E-state index contributed by atoms with van der Waals surface area (Å²) in [5, 5.41) is 10.2. The minimum Gasteiger partial charge on any atom is -0.398 e. The fourth-order valence-electron chi connectivity index (χ4n) is 1.57. The topological polar surface area (TPSA) is 55.5 Å². The van der Waals surface area contributed by atoms with E-state index in [4.69, 9.17) is 10.5 Å². The average Bonchev–Trinajstić information content (AvgIpc) is 2.28. The van der Waals surface area contributed by atoms with Crippen LogP contribution in [0.2, 0.25) is 0 Å². The number of aliphatic hydroxyl groups is 1. The quantitative estimate of drug-likeness (QED) is 0.819. The number of nitrogen functional groups attached to an aromatic ring is 1. The van der Waals surface area contributed by atoms with Crippen molar-refractivity contribution in [1.29, 1.82) is 0 Å². The van der Waals surface area contributed by atoms with Gasteiger partial charge >= 0.3 is 0 Å². The van der Waals surface area contributed by atoms with Crippen molar-refractivity contribution in [3.05, 3.63) is 28.2 Å². The lowest BCUT2D eigenvalue weighted by molar-refractivity contribution is 0.0891. The van der Waals surface area contributed by atoms with Crippen LogP contribution in [0.5, 0.6) is 0 Å². The Morgan fingerprint density at radius 2 is 2.19 bits per heavy atom. The Hall–Kier alpha value is -0.580. The summed E-state index contributed by atoms with van der Waals surface area (Å²) in [6.07, 6.45) is 0.261. The maximum absolute atomic E-state index is 10.2. The van der Waals surface area contributed by atoms with E-state index in [0.717, 1.165) is 16.5 Å². The molecule has 4 heteroatoms. The van der Waals surface area contributed by atoms with Crippen LogP contribution in [-0.4, -0.2) is 18.8 Å². The normalized spacial score (nSPS) is 14.8. The molecule has 0 fully saturated rings. The van der Waals surface area contributed by atoms with Crippen molar-refractivity contribution in [2.24, 2.45) is 5.92 Å². The monoisotopic (exact) mass is 287 g/mol. The predicted octanol–water partition coefficient (Wildman–Crippen LogP) is 2.74. The van der Waals surface area contributed by atoms with Crippen molar-refractivity contribution < 1.29 is 9.84 Å². The van der Waals surface area contributed by atoms with E-state index in [-0.39, 0.29) is 5.92 Å². The average molecular weight is 288 g/mol. The fourth-order valence-corrected chi connectivity index (χ4v) is 1.95. The number of rotatable bonds is 5. The molecule has 0 spiro atoms. The van der Waals surface area contributed by atoms with Crippen LogP contribution in [0.1, 0.15) is 25.0 Å². The molecule has 16 heavy (non-hydrogen) atoms. The molecule has 0 aliphatic carbocycles. The Balaban J connectivity index is 2.78. The second-order valence-electron chi connectivity index (χ2n) is 3.98. The molecule has 0 aliphatic heterocycles. The van der Waals surface area contributed by atoms with Crippen molar-refractivity contribution in [1.82, 2.24) is 0 Å².